The number of H-pyrrole nitrogens is 1. The number of nitrogens with one attached hydrogen (secondary N) is 3. The van der Waals surface area contributed by atoms with Gasteiger partial charge in [-0.1, -0.05) is 58.3 Å². The van der Waals surface area contributed by atoms with E-state index in [-0.39, 0.29) is 5.91 Å². The van der Waals surface area contributed by atoms with Crippen molar-refractivity contribution in [1.29, 1.82) is 0 Å². The van der Waals surface area contributed by atoms with Gasteiger partial charge in [-0.3, -0.25) is 9.59 Å². The number of unbranched alkanes of at least 4 members (excludes halogenated alkanes) is 8. The van der Waals surface area contributed by atoms with Gasteiger partial charge in [-0.25, -0.2) is 15.0 Å². The van der Waals surface area contributed by atoms with Crippen molar-refractivity contribution in [2.45, 2.75) is 121 Å². The third-order valence-corrected chi connectivity index (χ3v) is 8.11. The third kappa shape index (κ3) is 7.91. The Morgan fingerprint density at radius 1 is 1.05 bits per heavy atom. The smallest absolute Gasteiger partial charge is 0.243 e. The summed E-state index contributed by atoms with van der Waals surface area (Å²) in [7, 11) is 0. The van der Waals surface area contributed by atoms with E-state index >= 15 is 0 Å². The highest BCUT2D eigenvalue weighted by atomic mass is 16.5. The zero-order valence-electron chi connectivity index (χ0n) is 23.9. The van der Waals surface area contributed by atoms with Crippen LogP contribution in [0.4, 0.5) is 5.82 Å². The number of carbonyl (C=O) groups excluding carboxylic acids is 2. The largest absolute Gasteiger partial charge is 0.394 e. The molecule has 2 aliphatic heterocycles. The lowest BCUT2D eigenvalue weighted by molar-refractivity contribution is -0.186. The van der Waals surface area contributed by atoms with E-state index in [1.165, 1.54) is 51.2 Å². The zero-order valence-corrected chi connectivity index (χ0v) is 23.9. The van der Waals surface area contributed by atoms with Gasteiger partial charge < -0.3 is 40.6 Å². The van der Waals surface area contributed by atoms with Gasteiger partial charge in [0.05, 0.1) is 19.0 Å². The molecule has 13 nitrogen and oxygen atoms in total. The molecule has 4 heterocycles. The Balaban J connectivity index is 1.27. The van der Waals surface area contributed by atoms with Crippen LogP contribution >= 0.6 is 0 Å². The molecule has 4 rings (SSSR count). The summed E-state index contributed by atoms with van der Waals surface area (Å²) >= 11 is 0. The lowest BCUT2D eigenvalue weighted by Gasteiger charge is -2.43. The number of aliphatic hydroxyl groups is 3. The second kappa shape index (κ2) is 15.4. The monoisotopic (exact) mass is 575 g/mol. The molecule has 0 saturated carbocycles. The first kappa shape index (κ1) is 31.1. The fourth-order valence-corrected chi connectivity index (χ4v) is 5.76. The molecule has 6 N–H and O–H groups in total. The molecule has 6 atom stereocenters. The van der Waals surface area contributed by atoms with Gasteiger partial charge in [0.1, 0.15) is 36.2 Å². The highest BCUT2D eigenvalue weighted by Gasteiger charge is 2.46. The first-order valence-corrected chi connectivity index (χ1v) is 15.1. The molecule has 13 heteroatoms. The summed E-state index contributed by atoms with van der Waals surface area (Å²) in [5.74, 6) is -0.165. The van der Waals surface area contributed by atoms with Crippen LogP contribution in [0.1, 0.15) is 84.0 Å². The van der Waals surface area contributed by atoms with Crippen molar-refractivity contribution >= 4 is 28.8 Å². The highest BCUT2D eigenvalue weighted by molar-refractivity contribution is 5.88. The molecule has 228 valence electrons. The van der Waals surface area contributed by atoms with E-state index in [1.807, 2.05) is 0 Å². The number of aromatic amines is 1. The van der Waals surface area contributed by atoms with Crippen LogP contribution in [0.3, 0.4) is 0 Å². The van der Waals surface area contributed by atoms with Crippen molar-refractivity contribution in [2.75, 3.05) is 18.5 Å². The standard InChI is InChI=1S/C28H45N7O6/c1-2-3-4-5-6-7-8-9-10-13-20(37)35-14-11-12-18(35)27(40)33-21-19(15-36)41-28(24(39)23(21)38)34-26-22-25(30-16-29-22)31-17-32-26/h16-19,21,23-24,28,36,38-39H,2-15H2,1H3,(H,33,40)(H2,29,30,31,32,34)/t18-,19+,21+,23-,24+,28+/m1/s1. The lowest BCUT2D eigenvalue weighted by atomic mass is 9.95. The molecule has 41 heavy (non-hydrogen) atoms. The molecule has 0 aromatic carbocycles. The molecule has 2 fully saturated rings. The quantitative estimate of drug-likeness (QED) is 0.170. The molecule has 2 aromatic heterocycles. The van der Waals surface area contributed by atoms with Crippen LogP contribution in [0.15, 0.2) is 12.7 Å². The first-order chi connectivity index (χ1) is 19.9. The van der Waals surface area contributed by atoms with Gasteiger partial charge in [-0.05, 0) is 19.3 Å². The number of nitrogens with zero attached hydrogens (tertiary/aromatic N) is 4. The van der Waals surface area contributed by atoms with Crippen LogP contribution in [0.2, 0.25) is 0 Å². The van der Waals surface area contributed by atoms with E-state index in [1.54, 1.807) is 4.90 Å². The number of imidazole rings is 1. The fourth-order valence-electron chi connectivity index (χ4n) is 5.76. The Kier molecular flexibility index (Phi) is 11.7. The van der Waals surface area contributed by atoms with Crippen LogP contribution in [-0.2, 0) is 14.3 Å². The van der Waals surface area contributed by atoms with Crippen LogP contribution in [0.5, 0.6) is 0 Å². The van der Waals surface area contributed by atoms with Gasteiger partial charge >= 0.3 is 0 Å². The Morgan fingerprint density at radius 3 is 2.51 bits per heavy atom. The summed E-state index contributed by atoms with van der Waals surface area (Å²) in [6, 6.07) is -1.73. The maximum Gasteiger partial charge on any atom is 0.243 e. The van der Waals surface area contributed by atoms with Crippen molar-refractivity contribution in [3.05, 3.63) is 12.7 Å². The van der Waals surface area contributed by atoms with Crippen molar-refractivity contribution in [1.82, 2.24) is 30.2 Å². The van der Waals surface area contributed by atoms with Crippen molar-refractivity contribution < 1.29 is 29.6 Å². The third-order valence-electron chi connectivity index (χ3n) is 8.11. The number of aromatic nitrogens is 4. The topological polar surface area (TPSA) is 186 Å². The van der Waals surface area contributed by atoms with Crippen LogP contribution in [-0.4, -0.2) is 102 Å². The predicted octanol–water partition coefficient (Wildman–Crippen LogP) is 1.60. The van der Waals surface area contributed by atoms with Gasteiger partial charge in [0.15, 0.2) is 17.7 Å². The summed E-state index contributed by atoms with van der Waals surface area (Å²) in [5, 5.41) is 37.5. The second-order valence-corrected chi connectivity index (χ2v) is 11.1. The van der Waals surface area contributed by atoms with Crippen LogP contribution < -0.4 is 10.6 Å². The average Bonchev–Trinajstić information content (AvgIpc) is 3.67. The van der Waals surface area contributed by atoms with E-state index in [9.17, 15) is 24.9 Å². The molecule has 2 aromatic rings. The number of likely N-dealkylation sites (tertiary alicyclic amines) is 1. The molecule has 0 aliphatic carbocycles. The minimum absolute atomic E-state index is 0.0379. The van der Waals surface area contributed by atoms with E-state index in [4.69, 9.17) is 4.74 Å². The summed E-state index contributed by atoms with van der Waals surface area (Å²) in [5.41, 5.74) is 0.896. The Labute approximate surface area is 240 Å². The van der Waals surface area contributed by atoms with Crippen molar-refractivity contribution in [3.8, 4) is 0 Å². The number of ether oxygens (including phenoxy) is 1. The fraction of sp³-hybridized carbons (Fsp3) is 0.750. The van der Waals surface area contributed by atoms with Crippen LogP contribution in [0.25, 0.3) is 11.2 Å². The molecular weight excluding hydrogens is 530 g/mol. The molecule has 2 amide bonds. The Hall–Kier alpha value is -2.87. The van der Waals surface area contributed by atoms with Crippen molar-refractivity contribution in [3.63, 3.8) is 0 Å². The van der Waals surface area contributed by atoms with Gasteiger partial charge in [0.2, 0.25) is 11.8 Å². The van der Waals surface area contributed by atoms with E-state index < -0.39 is 49.1 Å². The maximum absolute atomic E-state index is 13.3. The van der Waals surface area contributed by atoms with E-state index in [0.29, 0.717) is 42.8 Å². The maximum atomic E-state index is 13.3. The Bertz CT molecular complexity index is 1110. The van der Waals surface area contributed by atoms with Crippen molar-refractivity contribution in [2.24, 2.45) is 0 Å². The summed E-state index contributed by atoms with van der Waals surface area (Å²) < 4.78 is 5.85. The van der Waals surface area contributed by atoms with Gasteiger partial charge in [-0.15, -0.1) is 0 Å². The minimum atomic E-state index is -1.45. The number of amides is 2. The number of aliphatic hydroxyl groups excluding tert-OH is 3. The number of fused-ring (bicyclic) bond motifs is 1. The van der Waals surface area contributed by atoms with Gasteiger partial charge in [-0.2, -0.15) is 0 Å². The van der Waals surface area contributed by atoms with Crippen LogP contribution in [0, 0.1) is 0 Å². The Morgan fingerprint density at radius 2 is 1.78 bits per heavy atom. The predicted molar refractivity (Wildman–Crippen MR) is 152 cm³/mol. The molecule has 0 unspecified atom stereocenters. The number of carbonyl (C=O) groups is 2. The minimum Gasteiger partial charge on any atom is -0.394 e. The normalized spacial score (nSPS) is 26.4. The zero-order chi connectivity index (χ0) is 29.2. The van der Waals surface area contributed by atoms with Gasteiger partial charge in [0, 0.05) is 13.0 Å². The molecule has 0 radical (unpaired) electrons. The van der Waals surface area contributed by atoms with Gasteiger partial charge in [0.25, 0.3) is 0 Å². The SMILES string of the molecule is CCCCCCCCCCCC(=O)N1CCC[C@@H]1C(=O)N[C@@H]1[C@@H](O)[C@H](O)[C@@H](Nc2ncnc3nc[nH]c23)O[C@H]1CO. The summed E-state index contributed by atoms with van der Waals surface area (Å²) in [6.45, 7) is 2.21. The van der Waals surface area contributed by atoms with E-state index in [0.717, 1.165) is 19.3 Å². The first-order valence-electron chi connectivity index (χ1n) is 15.1. The molecular formula is C28H45N7O6. The molecule has 2 saturated heterocycles. The number of anilines is 1. The van der Waals surface area contributed by atoms with E-state index in [2.05, 4.69) is 37.5 Å². The lowest BCUT2D eigenvalue weighted by Crippen LogP contribution is -2.67. The molecule has 2 aliphatic rings. The summed E-state index contributed by atoms with van der Waals surface area (Å²) in [4.78, 5) is 43.0. The second-order valence-electron chi connectivity index (χ2n) is 11.1. The molecule has 0 bridgehead atoms. The number of hydrogen-bond acceptors (Lipinski definition) is 10. The number of hydrogen-bond donors (Lipinski definition) is 6. The number of rotatable bonds is 15. The highest BCUT2D eigenvalue weighted by Crippen LogP contribution is 2.26. The summed E-state index contributed by atoms with van der Waals surface area (Å²) in [6.07, 6.45) is 9.82. The average molecular weight is 576 g/mol. The molecule has 0 spiro atoms.